The smallest absolute Gasteiger partial charge is 0.223 e. The molecule has 0 radical (unpaired) electrons. The van der Waals surface area contributed by atoms with Crippen molar-refractivity contribution >= 4 is 32.6 Å². The molecule has 2 heterocycles. The van der Waals surface area contributed by atoms with E-state index in [1.807, 2.05) is 12.1 Å². The second-order valence-corrected chi connectivity index (χ2v) is 5.52. The maximum atomic E-state index is 11.0. The molecule has 0 spiro atoms. The number of anilines is 1. The molecule has 0 aliphatic carbocycles. The minimum Gasteiger partial charge on any atom is -0.371 e. The Morgan fingerprint density at radius 3 is 3.21 bits per heavy atom. The number of fused-ring (bicyclic) bond motifs is 1. The fourth-order valence-corrected chi connectivity index (χ4v) is 3.09. The Kier molecular flexibility index (Phi) is 3.46. The topological polar surface area (TPSA) is 63.2 Å². The highest BCUT2D eigenvalue weighted by Gasteiger charge is 2.16. The molecule has 1 amide bonds. The van der Waals surface area contributed by atoms with E-state index in [0.717, 1.165) is 35.5 Å². The molecule has 1 aromatic carbocycles. The van der Waals surface area contributed by atoms with Crippen molar-refractivity contribution < 1.29 is 9.53 Å². The molecule has 19 heavy (non-hydrogen) atoms. The molecule has 1 unspecified atom stereocenters. The molecule has 1 aliphatic heterocycles. The molecule has 3 rings (SSSR count). The van der Waals surface area contributed by atoms with Crippen LogP contribution in [0.1, 0.15) is 18.6 Å². The second-order valence-electron chi connectivity index (χ2n) is 4.49. The van der Waals surface area contributed by atoms with E-state index >= 15 is 0 Å². The number of hydrogen-bond acceptors (Lipinski definition) is 5. The number of ether oxygens (including phenoxy) is 1. The maximum absolute atomic E-state index is 11.0. The Labute approximate surface area is 115 Å². The maximum Gasteiger partial charge on any atom is 0.223 e. The molecular formula is C13H15N3O2S. The molecule has 2 N–H and O–H groups in total. The lowest BCUT2D eigenvalue weighted by Crippen LogP contribution is -2.33. The van der Waals surface area contributed by atoms with Crippen LogP contribution in [0.15, 0.2) is 18.2 Å². The molecule has 100 valence electrons. The van der Waals surface area contributed by atoms with E-state index < -0.39 is 0 Å². The third-order valence-electron chi connectivity index (χ3n) is 2.99. The second kappa shape index (κ2) is 5.24. The molecular weight excluding hydrogens is 262 g/mol. The third kappa shape index (κ3) is 2.75. The molecule has 1 aromatic heterocycles. The van der Waals surface area contributed by atoms with Gasteiger partial charge in [0.05, 0.1) is 22.9 Å². The first-order valence-corrected chi connectivity index (χ1v) is 7.04. The number of nitrogens with zero attached hydrogens (tertiary/aromatic N) is 1. The van der Waals surface area contributed by atoms with Crippen LogP contribution in [-0.4, -0.2) is 30.6 Å². The van der Waals surface area contributed by atoms with Gasteiger partial charge in [0.1, 0.15) is 0 Å². The summed E-state index contributed by atoms with van der Waals surface area (Å²) in [7, 11) is 0. The van der Waals surface area contributed by atoms with E-state index in [4.69, 9.17) is 4.74 Å². The first kappa shape index (κ1) is 12.5. The van der Waals surface area contributed by atoms with E-state index in [0.29, 0.717) is 5.13 Å². The lowest BCUT2D eigenvalue weighted by Gasteiger charge is -2.23. The van der Waals surface area contributed by atoms with E-state index in [2.05, 4.69) is 21.7 Å². The van der Waals surface area contributed by atoms with Crippen molar-refractivity contribution in [3.05, 3.63) is 23.8 Å². The Bertz CT molecular complexity index is 605. The summed E-state index contributed by atoms with van der Waals surface area (Å²) in [5.74, 6) is -0.0981. The van der Waals surface area contributed by atoms with Crippen LogP contribution in [0.4, 0.5) is 5.13 Å². The number of rotatable bonds is 2. The van der Waals surface area contributed by atoms with Crippen molar-refractivity contribution in [2.24, 2.45) is 0 Å². The number of carbonyl (C=O) groups excluding carboxylic acids is 1. The lowest BCUT2D eigenvalue weighted by molar-refractivity contribution is -0.114. The first-order valence-electron chi connectivity index (χ1n) is 6.23. The van der Waals surface area contributed by atoms with E-state index in [1.54, 1.807) is 0 Å². The van der Waals surface area contributed by atoms with Crippen LogP contribution >= 0.6 is 11.3 Å². The summed E-state index contributed by atoms with van der Waals surface area (Å²) in [6.45, 7) is 3.97. The normalized spacial score (nSPS) is 19.5. The minimum atomic E-state index is -0.0981. The van der Waals surface area contributed by atoms with Gasteiger partial charge in [-0.05, 0) is 17.7 Å². The van der Waals surface area contributed by atoms with E-state index in [9.17, 15) is 4.79 Å². The molecule has 6 heteroatoms. The van der Waals surface area contributed by atoms with Gasteiger partial charge < -0.3 is 15.4 Å². The zero-order valence-electron chi connectivity index (χ0n) is 10.6. The van der Waals surface area contributed by atoms with Crippen LogP contribution in [0.5, 0.6) is 0 Å². The largest absolute Gasteiger partial charge is 0.371 e. The van der Waals surface area contributed by atoms with Gasteiger partial charge in [-0.25, -0.2) is 4.98 Å². The van der Waals surface area contributed by atoms with Gasteiger partial charge in [-0.2, -0.15) is 0 Å². The van der Waals surface area contributed by atoms with Crippen LogP contribution < -0.4 is 10.6 Å². The number of benzene rings is 1. The summed E-state index contributed by atoms with van der Waals surface area (Å²) in [6.07, 6.45) is 0.101. The summed E-state index contributed by atoms with van der Waals surface area (Å²) in [5.41, 5.74) is 2.05. The zero-order valence-corrected chi connectivity index (χ0v) is 11.4. The minimum absolute atomic E-state index is 0.0981. The fraction of sp³-hybridized carbons (Fsp3) is 0.385. The van der Waals surface area contributed by atoms with Crippen molar-refractivity contribution in [2.45, 2.75) is 13.0 Å². The van der Waals surface area contributed by atoms with Gasteiger partial charge in [0, 0.05) is 20.0 Å². The summed E-state index contributed by atoms with van der Waals surface area (Å²) >= 11 is 1.48. The molecule has 0 saturated carbocycles. The SMILES string of the molecule is CC(=O)Nc1nc2ccc(C3CNCCO3)cc2s1. The molecule has 2 aromatic rings. The van der Waals surface area contributed by atoms with Crippen molar-refractivity contribution in [1.82, 2.24) is 10.3 Å². The van der Waals surface area contributed by atoms with Crippen LogP contribution in [0.3, 0.4) is 0 Å². The molecule has 1 saturated heterocycles. The highest BCUT2D eigenvalue weighted by atomic mass is 32.1. The van der Waals surface area contributed by atoms with Crippen molar-refractivity contribution in [3.63, 3.8) is 0 Å². The van der Waals surface area contributed by atoms with Gasteiger partial charge in [0.2, 0.25) is 5.91 Å². The summed E-state index contributed by atoms with van der Waals surface area (Å²) < 4.78 is 6.80. The number of amides is 1. The van der Waals surface area contributed by atoms with Crippen molar-refractivity contribution in [2.75, 3.05) is 25.0 Å². The van der Waals surface area contributed by atoms with Gasteiger partial charge in [-0.3, -0.25) is 4.79 Å². The Morgan fingerprint density at radius 1 is 1.58 bits per heavy atom. The van der Waals surface area contributed by atoms with Crippen LogP contribution in [0.25, 0.3) is 10.2 Å². The standard InChI is InChI=1S/C13H15N3O2S/c1-8(17)15-13-16-10-3-2-9(6-12(10)19-13)11-7-14-4-5-18-11/h2-3,6,11,14H,4-5,7H2,1H3,(H,15,16,17). The van der Waals surface area contributed by atoms with Crippen molar-refractivity contribution in [3.8, 4) is 0 Å². The predicted octanol–water partition coefficient (Wildman–Crippen LogP) is 1.92. The van der Waals surface area contributed by atoms with Crippen LogP contribution in [0.2, 0.25) is 0 Å². The van der Waals surface area contributed by atoms with Gasteiger partial charge in [-0.1, -0.05) is 17.4 Å². The number of morpholine rings is 1. The molecule has 1 aliphatic rings. The highest BCUT2D eigenvalue weighted by molar-refractivity contribution is 7.22. The van der Waals surface area contributed by atoms with Gasteiger partial charge in [0.15, 0.2) is 5.13 Å². The van der Waals surface area contributed by atoms with E-state index in [-0.39, 0.29) is 12.0 Å². The number of thiazole rings is 1. The first-order chi connectivity index (χ1) is 9.22. The van der Waals surface area contributed by atoms with Crippen LogP contribution in [-0.2, 0) is 9.53 Å². The molecule has 5 nitrogen and oxygen atoms in total. The number of nitrogens with one attached hydrogen (secondary N) is 2. The number of carbonyl (C=O) groups is 1. The summed E-state index contributed by atoms with van der Waals surface area (Å²) in [4.78, 5) is 15.4. The quantitative estimate of drug-likeness (QED) is 0.880. The van der Waals surface area contributed by atoms with Crippen molar-refractivity contribution in [1.29, 1.82) is 0 Å². The molecule has 1 atom stereocenters. The summed E-state index contributed by atoms with van der Waals surface area (Å²) in [6, 6.07) is 6.11. The molecule has 1 fully saturated rings. The predicted molar refractivity (Wildman–Crippen MR) is 75.5 cm³/mol. The number of aromatic nitrogens is 1. The Balaban J connectivity index is 1.89. The summed E-state index contributed by atoms with van der Waals surface area (Å²) in [5, 5.41) is 6.68. The Hall–Kier alpha value is -1.50. The fourth-order valence-electron chi connectivity index (χ4n) is 2.13. The van der Waals surface area contributed by atoms with E-state index in [1.165, 1.54) is 18.3 Å². The van der Waals surface area contributed by atoms with Gasteiger partial charge in [-0.15, -0.1) is 0 Å². The number of hydrogen-bond donors (Lipinski definition) is 2. The average Bonchev–Trinajstić information content (AvgIpc) is 2.79. The zero-order chi connectivity index (χ0) is 13.2. The highest BCUT2D eigenvalue weighted by Crippen LogP contribution is 2.29. The Morgan fingerprint density at radius 2 is 2.47 bits per heavy atom. The average molecular weight is 277 g/mol. The van der Waals surface area contributed by atoms with Gasteiger partial charge >= 0.3 is 0 Å². The lowest BCUT2D eigenvalue weighted by atomic mass is 10.1. The molecule has 0 bridgehead atoms. The third-order valence-corrected chi connectivity index (χ3v) is 3.93. The van der Waals surface area contributed by atoms with Gasteiger partial charge in [0.25, 0.3) is 0 Å². The monoisotopic (exact) mass is 277 g/mol. The van der Waals surface area contributed by atoms with Crippen LogP contribution in [0, 0.1) is 0 Å².